The lowest BCUT2D eigenvalue weighted by molar-refractivity contribution is 0.317. The van der Waals surface area contributed by atoms with Crippen molar-refractivity contribution in [1.82, 2.24) is 0 Å². The molecule has 20 heteroatoms. The first-order valence-electron chi connectivity index (χ1n) is 9.27. The average Bonchev–Trinajstić information content (AvgIpc) is 2.69. The third-order valence-corrected chi connectivity index (χ3v) is 7.19. The van der Waals surface area contributed by atoms with E-state index in [0.717, 1.165) is 6.07 Å². The fraction of sp³-hybridized carbons (Fsp3) is 0.250. The van der Waals surface area contributed by atoms with Crippen molar-refractivity contribution in [1.29, 1.82) is 0 Å². The van der Waals surface area contributed by atoms with Crippen LogP contribution in [0.15, 0.2) is 44.3 Å². The van der Waals surface area contributed by atoms with Gasteiger partial charge in [0.25, 0.3) is 30.4 Å². The summed E-state index contributed by atoms with van der Waals surface area (Å²) in [7, 11) is -14.1. The number of hydrogen-bond donors (Lipinski definition) is 5. The molecule has 2 aromatic rings. The van der Waals surface area contributed by atoms with E-state index in [1.54, 1.807) is 0 Å². The van der Waals surface area contributed by atoms with E-state index >= 15 is 0 Å². The van der Waals surface area contributed by atoms with Crippen molar-refractivity contribution in [2.75, 3.05) is 22.8 Å². The monoisotopic (exact) mass is 587 g/mol. The van der Waals surface area contributed by atoms with Crippen LogP contribution in [0.3, 0.4) is 0 Å². The first-order valence-corrected chi connectivity index (χ1v) is 14.8. The summed E-state index contributed by atoms with van der Waals surface area (Å²) in [6.07, 6.45) is -0.162. The first kappa shape index (κ1) is 29.5. The largest absolute Gasteiger partial charge is 0.755 e. The molecule has 0 aliphatic carbocycles. The maximum absolute atomic E-state index is 11.7. The molecule has 1 atom stereocenters. The van der Waals surface area contributed by atoms with Crippen molar-refractivity contribution in [2.45, 2.75) is 23.1 Å². The van der Waals surface area contributed by atoms with Gasteiger partial charge in [0.05, 0.1) is 29.4 Å². The Kier molecular flexibility index (Phi) is 9.12. The van der Waals surface area contributed by atoms with E-state index in [-0.39, 0.29) is 35.7 Å². The van der Waals surface area contributed by atoms with Gasteiger partial charge in [0.2, 0.25) is 0 Å². The molecule has 6 N–H and O–H groups in total. The third kappa shape index (κ3) is 8.44. The fourth-order valence-corrected chi connectivity index (χ4v) is 4.76. The van der Waals surface area contributed by atoms with Gasteiger partial charge in [0.15, 0.2) is 0 Å². The van der Waals surface area contributed by atoms with Gasteiger partial charge >= 0.3 is 0 Å². The van der Waals surface area contributed by atoms with Crippen molar-refractivity contribution < 1.29 is 52.4 Å². The Bertz CT molecular complexity index is 1540. The van der Waals surface area contributed by atoms with Crippen LogP contribution in [0.5, 0.6) is 5.75 Å². The average molecular weight is 588 g/mol. The maximum Gasteiger partial charge on any atom is 0.296 e. The van der Waals surface area contributed by atoms with E-state index in [4.69, 9.17) is 15.0 Å². The van der Waals surface area contributed by atoms with Crippen molar-refractivity contribution in [3.63, 3.8) is 0 Å². The Morgan fingerprint density at radius 2 is 1.56 bits per heavy atom. The summed E-state index contributed by atoms with van der Waals surface area (Å²) in [5.74, 6) is -0.784. The summed E-state index contributed by atoms with van der Waals surface area (Å²) in [5.41, 5.74) is 4.18. The number of nitrogens with two attached hydrogens (primary N) is 1. The van der Waals surface area contributed by atoms with Gasteiger partial charge in [0.1, 0.15) is 21.2 Å². The Morgan fingerprint density at radius 1 is 0.972 bits per heavy atom. The molecule has 1 unspecified atom stereocenters. The van der Waals surface area contributed by atoms with Gasteiger partial charge in [-0.1, -0.05) is 0 Å². The molecule has 0 heterocycles. The number of benzene rings is 2. The molecule has 0 fully saturated rings. The maximum atomic E-state index is 11.7. The van der Waals surface area contributed by atoms with Crippen LogP contribution in [0, 0.1) is 6.92 Å². The van der Waals surface area contributed by atoms with Crippen LogP contribution in [0.1, 0.15) is 12.0 Å². The van der Waals surface area contributed by atoms with Gasteiger partial charge in [-0.2, -0.15) is 30.4 Å². The van der Waals surface area contributed by atoms with Crippen LogP contribution >= 0.6 is 0 Å². The molecule has 0 radical (unpaired) electrons. The molecule has 0 aliphatic heterocycles. The number of hydrogen-bond acceptors (Lipinski definition) is 12. The highest BCUT2D eigenvalue weighted by atomic mass is 32.2. The Morgan fingerprint density at radius 3 is 2.08 bits per heavy atom. The van der Waals surface area contributed by atoms with Gasteiger partial charge in [-0.3, -0.25) is 17.9 Å². The van der Waals surface area contributed by atoms with E-state index in [2.05, 4.69) is 15.0 Å². The third-order valence-electron chi connectivity index (χ3n) is 4.21. The summed E-state index contributed by atoms with van der Waals surface area (Å²) in [6, 6.07) is 3.52. The number of nitrogen functional groups attached to an aromatic ring is 1. The molecule has 0 bridgehead atoms. The second-order valence-electron chi connectivity index (χ2n) is 6.97. The van der Waals surface area contributed by atoms with E-state index in [9.17, 15) is 43.1 Å². The summed E-state index contributed by atoms with van der Waals surface area (Å²) < 4.78 is 125. The van der Waals surface area contributed by atoms with Gasteiger partial charge in [-0.05, 0) is 37.1 Å². The zero-order valence-electron chi connectivity index (χ0n) is 18.1. The normalized spacial score (nSPS) is 13.6. The number of aryl methyl sites for hydroxylation is 1. The summed E-state index contributed by atoms with van der Waals surface area (Å²) >= 11 is -2.78. The second kappa shape index (κ2) is 11.1. The molecule has 0 aliphatic rings. The Hall–Kier alpha value is -2.72. The first-order chi connectivity index (χ1) is 16.4. The molecule has 2 rings (SSSR count). The topological polar surface area (TPSA) is 275 Å². The van der Waals surface area contributed by atoms with Gasteiger partial charge < -0.3 is 19.7 Å². The molecule has 0 aromatic heterocycles. The molecule has 16 nitrogen and oxygen atoms in total. The fourth-order valence-electron chi connectivity index (χ4n) is 2.68. The molecule has 0 saturated carbocycles. The minimum Gasteiger partial charge on any atom is -0.755 e. The van der Waals surface area contributed by atoms with Crippen LogP contribution in [0.4, 0.5) is 22.7 Å². The standard InChI is InChI=1S/C16H20N4O12S4/c1-9-5-12(20-33(21)22)14(32-3-2-4-34(23,24)25)7-11(9)18-19-13-8-15(35(26,27)28)10(17)6-16(13)36(29,30)31/h5-8,20H,2-4,17H2,1H3,(H,21,22)(H,23,24,25)(H,26,27,28)(H,29,30,31)/p-1. The molecule has 0 amide bonds. The van der Waals surface area contributed by atoms with E-state index in [1.807, 2.05) is 0 Å². The number of azo groups is 1. The number of ether oxygens (including phenoxy) is 1. The minimum atomic E-state index is -4.97. The summed E-state index contributed by atoms with van der Waals surface area (Å²) in [6.45, 7) is 1.17. The lowest BCUT2D eigenvalue weighted by Gasteiger charge is -2.16. The smallest absolute Gasteiger partial charge is 0.296 e. The van der Waals surface area contributed by atoms with E-state index < -0.39 is 68.5 Å². The number of nitrogens with zero attached hydrogens (tertiary/aromatic N) is 2. The number of rotatable bonds is 11. The van der Waals surface area contributed by atoms with Crippen LogP contribution in [-0.4, -0.2) is 60.0 Å². The van der Waals surface area contributed by atoms with Crippen LogP contribution < -0.4 is 15.2 Å². The van der Waals surface area contributed by atoms with Crippen LogP contribution in [-0.2, 0) is 41.6 Å². The molecule has 200 valence electrons. The Balaban J connectivity index is 2.55. The molecular formula is C16H19N4O12S4-. The molecule has 0 spiro atoms. The predicted molar refractivity (Wildman–Crippen MR) is 125 cm³/mol. The van der Waals surface area contributed by atoms with E-state index in [0.29, 0.717) is 12.1 Å². The van der Waals surface area contributed by atoms with Gasteiger partial charge in [-0.15, -0.1) is 5.11 Å². The molecular weight excluding hydrogens is 568 g/mol. The number of anilines is 2. The lowest BCUT2D eigenvalue weighted by Crippen LogP contribution is -2.10. The van der Waals surface area contributed by atoms with Gasteiger partial charge in [0, 0.05) is 17.3 Å². The van der Waals surface area contributed by atoms with Crippen molar-refractivity contribution in [3.05, 3.63) is 29.8 Å². The van der Waals surface area contributed by atoms with Crippen molar-refractivity contribution >= 4 is 64.4 Å². The van der Waals surface area contributed by atoms with Crippen molar-refractivity contribution in [3.8, 4) is 5.75 Å². The zero-order chi connectivity index (χ0) is 27.5. The Labute approximate surface area is 208 Å². The molecule has 2 aromatic carbocycles. The minimum absolute atomic E-state index is 0.0477. The lowest BCUT2D eigenvalue weighted by atomic mass is 10.1. The SMILES string of the molecule is Cc1cc(NS(=O)[O-])c(OCCCS(=O)(=O)O)cc1N=Nc1cc(S(=O)(=O)O)c(N)cc1S(=O)(=O)O. The van der Waals surface area contributed by atoms with E-state index in [1.165, 1.54) is 13.0 Å². The highest BCUT2D eigenvalue weighted by Gasteiger charge is 2.23. The number of nitrogens with one attached hydrogen (secondary N) is 1. The predicted octanol–water partition coefficient (Wildman–Crippen LogP) is 1.35. The molecule has 36 heavy (non-hydrogen) atoms. The quantitative estimate of drug-likeness (QED) is 0.0817. The molecule has 0 saturated heterocycles. The highest BCUT2D eigenvalue weighted by molar-refractivity contribution is 7.86. The summed E-state index contributed by atoms with van der Waals surface area (Å²) in [5, 5.41) is 7.41. The van der Waals surface area contributed by atoms with Crippen LogP contribution in [0.25, 0.3) is 0 Å². The highest BCUT2D eigenvalue weighted by Crippen LogP contribution is 2.36. The zero-order valence-corrected chi connectivity index (χ0v) is 21.3. The van der Waals surface area contributed by atoms with Crippen LogP contribution in [0.2, 0.25) is 0 Å². The second-order valence-corrected chi connectivity index (χ2v) is 12.0. The summed E-state index contributed by atoms with van der Waals surface area (Å²) in [4.78, 5) is -1.82. The van der Waals surface area contributed by atoms with Gasteiger partial charge in [-0.25, -0.2) is 0 Å². The van der Waals surface area contributed by atoms with Crippen molar-refractivity contribution in [2.24, 2.45) is 10.2 Å².